The minimum absolute atomic E-state index is 0.105. The molecule has 0 unspecified atom stereocenters. The standard InChI is InChI=1S/C23H24N2O3S2/c1-4-14-25(16-20-8-6-15-29-20)23(26)19-10-12-21(13-11-19)30(27,28)24-22-9-5-7-17(2)18(22)3/h4-13,15,24H,1,14,16H2,2-3H3. The first-order chi connectivity index (χ1) is 14.3. The molecule has 1 amide bonds. The van der Waals surface area contributed by atoms with Crippen LogP contribution >= 0.6 is 11.3 Å². The van der Waals surface area contributed by atoms with Crippen LogP contribution in [-0.4, -0.2) is 25.8 Å². The Kier molecular flexibility index (Phi) is 6.74. The maximum Gasteiger partial charge on any atom is 0.261 e. The highest BCUT2D eigenvalue weighted by molar-refractivity contribution is 7.92. The second-order valence-corrected chi connectivity index (χ2v) is 9.65. The van der Waals surface area contributed by atoms with Gasteiger partial charge in [-0.25, -0.2) is 8.42 Å². The molecule has 3 aromatic rings. The molecule has 5 nitrogen and oxygen atoms in total. The second kappa shape index (κ2) is 9.28. The van der Waals surface area contributed by atoms with E-state index in [-0.39, 0.29) is 10.8 Å². The number of sulfonamides is 1. The average molecular weight is 441 g/mol. The molecule has 156 valence electrons. The maximum absolute atomic E-state index is 12.9. The van der Waals surface area contributed by atoms with Crippen LogP contribution in [0.3, 0.4) is 0 Å². The molecule has 0 saturated heterocycles. The normalized spacial score (nSPS) is 11.1. The summed E-state index contributed by atoms with van der Waals surface area (Å²) in [6.45, 7) is 8.42. The van der Waals surface area contributed by atoms with Crippen molar-refractivity contribution < 1.29 is 13.2 Å². The van der Waals surface area contributed by atoms with E-state index in [1.807, 2.05) is 43.5 Å². The highest BCUT2D eigenvalue weighted by Crippen LogP contribution is 2.23. The summed E-state index contributed by atoms with van der Waals surface area (Å²) in [7, 11) is -3.76. The first-order valence-electron chi connectivity index (χ1n) is 9.43. The molecule has 0 fully saturated rings. The molecular weight excluding hydrogens is 416 g/mol. The van der Waals surface area contributed by atoms with Gasteiger partial charge in [-0.2, -0.15) is 0 Å². The summed E-state index contributed by atoms with van der Waals surface area (Å²) in [4.78, 5) is 15.8. The molecule has 7 heteroatoms. The smallest absolute Gasteiger partial charge is 0.261 e. The zero-order valence-electron chi connectivity index (χ0n) is 17.0. The van der Waals surface area contributed by atoms with Crippen LogP contribution in [0.2, 0.25) is 0 Å². The maximum atomic E-state index is 12.9. The molecule has 0 aliphatic rings. The van der Waals surface area contributed by atoms with Crippen LogP contribution in [0.25, 0.3) is 0 Å². The molecule has 0 spiro atoms. The molecule has 30 heavy (non-hydrogen) atoms. The van der Waals surface area contributed by atoms with Crippen molar-refractivity contribution in [2.24, 2.45) is 0 Å². The van der Waals surface area contributed by atoms with E-state index in [2.05, 4.69) is 11.3 Å². The van der Waals surface area contributed by atoms with Gasteiger partial charge in [0.1, 0.15) is 0 Å². The Morgan fingerprint density at radius 2 is 1.83 bits per heavy atom. The summed E-state index contributed by atoms with van der Waals surface area (Å²) in [6.07, 6.45) is 1.68. The molecule has 0 saturated carbocycles. The van der Waals surface area contributed by atoms with Crippen LogP contribution in [0.5, 0.6) is 0 Å². The lowest BCUT2D eigenvalue weighted by atomic mass is 10.1. The molecule has 1 N–H and O–H groups in total. The first-order valence-corrected chi connectivity index (χ1v) is 11.8. The number of nitrogens with zero attached hydrogens (tertiary/aromatic N) is 1. The summed E-state index contributed by atoms with van der Waals surface area (Å²) in [5.41, 5.74) is 2.85. The van der Waals surface area contributed by atoms with E-state index in [9.17, 15) is 13.2 Å². The number of anilines is 1. The predicted octanol–water partition coefficient (Wildman–Crippen LogP) is 4.99. The number of carbonyl (C=O) groups excluding carboxylic acids is 1. The number of nitrogens with one attached hydrogen (secondary N) is 1. The minimum atomic E-state index is -3.76. The molecule has 1 heterocycles. The predicted molar refractivity (Wildman–Crippen MR) is 122 cm³/mol. The quantitative estimate of drug-likeness (QED) is 0.502. The van der Waals surface area contributed by atoms with Crippen LogP contribution < -0.4 is 4.72 Å². The number of carbonyl (C=O) groups is 1. The molecule has 0 radical (unpaired) electrons. The molecule has 0 aliphatic heterocycles. The largest absolute Gasteiger partial charge is 0.330 e. The van der Waals surface area contributed by atoms with Gasteiger partial charge in [-0.3, -0.25) is 9.52 Å². The molecule has 0 aliphatic carbocycles. The Morgan fingerprint density at radius 3 is 2.47 bits per heavy atom. The summed E-state index contributed by atoms with van der Waals surface area (Å²) in [5.74, 6) is -0.172. The van der Waals surface area contributed by atoms with Crippen molar-refractivity contribution >= 4 is 33.0 Å². The lowest BCUT2D eigenvalue weighted by Gasteiger charge is -2.20. The van der Waals surface area contributed by atoms with Crippen LogP contribution in [0, 0.1) is 13.8 Å². The van der Waals surface area contributed by atoms with Crippen LogP contribution in [-0.2, 0) is 16.6 Å². The van der Waals surface area contributed by atoms with Gasteiger partial charge in [0.15, 0.2) is 0 Å². The highest BCUT2D eigenvalue weighted by Gasteiger charge is 2.19. The van der Waals surface area contributed by atoms with Crippen LogP contribution in [0.1, 0.15) is 26.4 Å². The third kappa shape index (κ3) is 4.98. The van der Waals surface area contributed by atoms with Crippen molar-refractivity contribution in [3.8, 4) is 0 Å². The van der Waals surface area contributed by atoms with Crippen molar-refractivity contribution in [3.63, 3.8) is 0 Å². The fraction of sp³-hybridized carbons (Fsp3) is 0.174. The van der Waals surface area contributed by atoms with E-state index < -0.39 is 10.0 Å². The number of hydrogen-bond acceptors (Lipinski definition) is 4. The van der Waals surface area contributed by atoms with Crippen LogP contribution in [0.4, 0.5) is 5.69 Å². The van der Waals surface area contributed by atoms with Crippen molar-refractivity contribution in [1.29, 1.82) is 0 Å². The van der Waals surface area contributed by atoms with Gasteiger partial charge in [-0.1, -0.05) is 24.3 Å². The average Bonchev–Trinajstić information content (AvgIpc) is 3.24. The fourth-order valence-electron chi connectivity index (χ4n) is 2.99. The Labute approximate surface area is 181 Å². The zero-order chi connectivity index (χ0) is 21.7. The highest BCUT2D eigenvalue weighted by atomic mass is 32.2. The van der Waals surface area contributed by atoms with Crippen molar-refractivity contribution in [1.82, 2.24) is 4.90 Å². The van der Waals surface area contributed by atoms with E-state index in [1.54, 1.807) is 40.5 Å². The van der Waals surface area contributed by atoms with Gasteiger partial charge in [0.25, 0.3) is 15.9 Å². The summed E-state index contributed by atoms with van der Waals surface area (Å²) in [6, 6.07) is 15.4. The van der Waals surface area contributed by atoms with Gasteiger partial charge >= 0.3 is 0 Å². The number of benzene rings is 2. The van der Waals surface area contributed by atoms with Crippen molar-refractivity contribution in [2.75, 3.05) is 11.3 Å². The monoisotopic (exact) mass is 440 g/mol. The van der Waals surface area contributed by atoms with E-state index in [1.165, 1.54) is 12.1 Å². The van der Waals surface area contributed by atoms with Gasteiger partial charge in [-0.15, -0.1) is 17.9 Å². The van der Waals surface area contributed by atoms with Gasteiger partial charge in [-0.05, 0) is 66.8 Å². The topological polar surface area (TPSA) is 66.5 Å². The molecule has 2 aromatic carbocycles. The molecule has 0 atom stereocenters. The van der Waals surface area contributed by atoms with Gasteiger partial charge in [0.05, 0.1) is 17.1 Å². The number of rotatable bonds is 8. The molecule has 0 bridgehead atoms. The Hall–Kier alpha value is -2.90. The SMILES string of the molecule is C=CCN(Cc1cccs1)C(=O)c1ccc(S(=O)(=O)Nc2cccc(C)c2C)cc1. The number of hydrogen-bond donors (Lipinski definition) is 1. The number of amides is 1. The second-order valence-electron chi connectivity index (χ2n) is 6.93. The summed E-state index contributed by atoms with van der Waals surface area (Å²) >= 11 is 1.58. The lowest BCUT2D eigenvalue weighted by molar-refractivity contribution is 0.0764. The van der Waals surface area contributed by atoms with E-state index in [0.29, 0.717) is 24.3 Å². The van der Waals surface area contributed by atoms with Crippen molar-refractivity contribution in [3.05, 3.63) is 94.2 Å². The Morgan fingerprint density at radius 1 is 1.10 bits per heavy atom. The molecule has 1 aromatic heterocycles. The van der Waals surface area contributed by atoms with Gasteiger partial charge < -0.3 is 4.90 Å². The molecular formula is C23H24N2O3S2. The summed E-state index contributed by atoms with van der Waals surface area (Å²) < 4.78 is 28.2. The van der Waals surface area contributed by atoms with Crippen molar-refractivity contribution in [2.45, 2.75) is 25.3 Å². The van der Waals surface area contributed by atoms with Gasteiger partial charge in [0.2, 0.25) is 0 Å². The molecule has 3 rings (SSSR count). The zero-order valence-corrected chi connectivity index (χ0v) is 18.6. The van der Waals surface area contributed by atoms with E-state index in [0.717, 1.165) is 16.0 Å². The number of thiophene rings is 1. The third-order valence-electron chi connectivity index (χ3n) is 4.82. The Balaban J connectivity index is 1.79. The first kappa shape index (κ1) is 21.8. The lowest BCUT2D eigenvalue weighted by Crippen LogP contribution is -2.30. The fourth-order valence-corrected chi connectivity index (χ4v) is 4.83. The van der Waals surface area contributed by atoms with E-state index >= 15 is 0 Å². The Bertz CT molecular complexity index is 1140. The van der Waals surface area contributed by atoms with E-state index in [4.69, 9.17) is 0 Å². The van der Waals surface area contributed by atoms with Crippen LogP contribution in [0.15, 0.2) is 77.5 Å². The summed E-state index contributed by atoms with van der Waals surface area (Å²) in [5, 5.41) is 1.97. The van der Waals surface area contributed by atoms with Gasteiger partial charge in [0, 0.05) is 17.0 Å². The minimum Gasteiger partial charge on any atom is -0.330 e. The third-order valence-corrected chi connectivity index (χ3v) is 7.07. The number of aryl methyl sites for hydroxylation is 1.